The monoisotopic (exact) mass is 325 g/mol. The third kappa shape index (κ3) is 3.70. The number of ether oxygens (including phenoxy) is 1. The average Bonchev–Trinajstić information content (AvgIpc) is 3.09. The molecule has 0 spiro atoms. The molecule has 0 amide bonds. The van der Waals surface area contributed by atoms with Crippen molar-refractivity contribution in [2.45, 2.75) is 22.6 Å². The molecule has 1 aromatic carbocycles. The third-order valence-corrected chi connectivity index (χ3v) is 5.10. The number of anilines is 1. The summed E-state index contributed by atoms with van der Waals surface area (Å²) in [4.78, 5) is 11.4. The molecular formula is C13H12FN3O2S2. The van der Waals surface area contributed by atoms with Gasteiger partial charge in [-0.3, -0.25) is 4.79 Å². The summed E-state index contributed by atoms with van der Waals surface area (Å²) in [5.41, 5.74) is 0.958. The van der Waals surface area contributed by atoms with Crippen LogP contribution in [0.5, 0.6) is 0 Å². The predicted molar refractivity (Wildman–Crippen MR) is 78.9 cm³/mol. The van der Waals surface area contributed by atoms with E-state index in [1.807, 2.05) is 0 Å². The first-order chi connectivity index (χ1) is 10.2. The molecule has 5 nitrogen and oxygen atoms in total. The number of hydrogen-bond donors (Lipinski definition) is 1. The Morgan fingerprint density at radius 3 is 2.90 bits per heavy atom. The summed E-state index contributed by atoms with van der Waals surface area (Å²) in [5.74, 6) is -0.437. The largest absolute Gasteiger partial charge is 0.465 e. The van der Waals surface area contributed by atoms with E-state index < -0.39 is 0 Å². The molecule has 0 saturated carbocycles. The highest BCUT2D eigenvalue weighted by atomic mass is 32.2. The lowest BCUT2D eigenvalue weighted by Crippen LogP contribution is -2.08. The van der Waals surface area contributed by atoms with E-state index in [1.165, 1.54) is 35.2 Å². The van der Waals surface area contributed by atoms with Crippen LogP contribution in [0.1, 0.15) is 12.0 Å². The topological polar surface area (TPSA) is 64.1 Å². The Labute approximate surface area is 128 Å². The Morgan fingerprint density at radius 1 is 1.38 bits per heavy atom. The fraction of sp³-hybridized carbons (Fsp3) is 0.308. The fourth-order valence-corrected chi connectivity index (χ4v) is 3.78. The summed E-state index contributed by atoms with van der Waals surface area (Å²) in [6.07, 6.45) is 0.710. The summed E-state index contributed by atoms with van der Waals surface area (Å²) in [7, 11) is 0. The molecule has 1 aromatic heterocycles. The first-order valence-electron chi connectivity index (χ1n) is 6.36. The van der Waals surface area contributed by atoms with Gasteiger partial charge >= 0.3 is 5.97 Å². The highest BCUT2D eigenvalue weighted by Gasteiger charge is 2.28. The van der Waals surface area contributed by atoms with Crippen molar-refractivity contribution in [1.29, 1.82) is 0 Å². The SMILES string of the molecule is O=C1OCCC1Sc1nnc(NCc2ccc(F)cc2)s1. The summed E-state index contributed by atoms with van der Waals surface area (Å²) < 4.78 is 18.4. The molecule has 21 heavy (non-hydrogen) atoms. The zero-order valence-electron chi connectivity index (χ0n) is 10.9. The van der Waals surface area contributed by atoms with Crippen molar-refractivity contribution in [2.75, 3.05) is 11.9 Å². The van der Waals surface area contributed by atoms with Crippen molar-refractivity contribution in [3.8, 4) is 0 Å². The number of esters is 1. The molecular weight excluding hydrogens is 313 g/mol. The lowest BCUT2D eigenvalue weighted by Gasteiger charge is -2.02. The van der Waals surface area contributed by atoms with Crippen molar-refractivity contribution in [3.05, 3.63) is 35.6 Å². The van der Waals surface area contributed by atoms with Crippen LogP contribution < -0.4 is 5.32 Å². The summed E-state index contributed by atoms with van der Waals surface area (Å²) in [5, 5.41) is 11.7. The highest BCUT2D eigenvalue weighted by Crippen LogP contribution is 2.33. The number of nitrogens with zero attached hydrogens (tertiary/aromatic N) is 2. The molecule has 3 rings (SSSR count). The van der Waals surface area contributed by atoms with Crippen LogP contribution >= 0.6 is 23.1 Å². The van der Waals surface area contributed by atoms with Gasteiger partial charge in [-0.25, -0.2) is 4.39 Å². The van der Waals surface area contributed by atoms with Gasteiger partial charge < -0.3 is 10.1 Å². The van der Waals surface area contributed by atoms with Gasteiger partial charge in [-0.05, 0) is 17.7 Å². The van der Waals surface area contributed by atoms with E-state index in [9.17, 15) is 9.18 Å². The maximum absolute atomic E-state index is 12.8. The van der Waals surface area contributed by atoms with Gasteiger partial charge in [0, 0.05) is 13.0 Å². The molecule has 1 N–H and O–H groups in total. The molecule has 2 aromatic rings. The normalized spacial score (nSPS) is 17.8. The molecule has 8 heteroatoms. The first kappa shape index (κ1) is 14.3. The standard InChI is InChI=1S/C13H12FN3O2S2/c14-9-3-1-8(2-4-9)7-15-12-16-17-13(21-12)20-10-5-6-19-11(10)18/h1-4,10H,5-7H2,(H,15,16). The van der Waals surface area contributed by atoms with Crippen LogP contribution in [-0.2, 0) is 16.1 Å². The number of cyclic esters (lactones) is 1. The minimum absolute atomic E-state index is 0.178. The van der Waals surface area contributed by atoms with E-state index >= 15 is 0 Å². The maximum atomic E-state index is 12.8. The van der Waals surface area contributed by atoms with Crippen LogP contribution in [0, 0.1) is 5.82 Å². The Kier molecular flexibility index (Phi) is 4.35. The number of benzene rings is 1. The quantitative estimate of drug-likeness (QED) is 0.853. The molecule has 0 aliphatic carbocycles. The van der Waals surface area contributed by atoms with Crippen molar-refractivity contribution < 1.29 is 13.9 Å². The number of halogens is 1. The van der Waals surface area contributed by atoms with Crippen LogP contribution in [0.25, 0.3) is 0 Å². The van der Waals surface area contributed by atoms with Gasteiger partial charge in [0.15, 0.2) is 4.34 Å². The smallest absolute Gasteiger partial charge is 0.319 e. The summed E-state index contributed by atoms with van der Waals surface area (Å²) in [6, 6.07) is 6.27. The predicted octanol–water partition coefficient (Wildman–Crippen LogP) is 2.70. The first-order valence-corrected chi connectivity index (χ1v) is 8.05. The number of hydrogen-bond acceptors (Lipinski definition) is 7. The van der Waals surface area contributed by atoms with Gasteiger partial charge in [0.25, 0.3) is 0 Å². The molecule has 1 fully saturated rings. The molecule has 1 aliphatic rings. The van der Waals surface area contributed by atoms with Gasteiger partial charge in [-0.1, -0.05) is 35.2 Å². The zero-order chi connectivity index (χ0) is 14.7. The number of carbonyl (C=O) groups excluding carboxylic acids is 1. The van der Waals surface area contributed by atoms with E-state index in [-0.39, 0.29) is 17.0 Å². The van der Waals surface area contributed by atoms with Crippen LogP contribution in [0.15, 0.2) is 28.6 Å². The Hall–Kier alpha value is -1.67. The number of thioether (sulfide) groups is 1. The number of rotatable bonds is 5. The van der Waals surface area contributed by atoms with Gasteiger partial charge in [0.2, 0.25) is 5.13 Å². The highest BCUT2D eigenvalue weighted by molar-refractivity contribution is 8.02. The number of aromatic nitrogens is 2. The van der Waals surface area contributed by atoms with E-state index in [0.717, 1.165) is 9.90 Å². The van der Waals surface area contributed by atoms with Crippen LogP contribution in [0.2, 0.25) is 0 Å². The zero-order valence-corrected chi connectivity index (χ0v) is 12.5. The second-order valence-corrected chi connectivity index (χ2v) is 6.84. The average molecular weight is 325 g/mol. The summed E-state index contributed by atoms with van der Waals surface area (Å²) in [6.45, 7) is 1.02. The lowest BCUT2D eigenvalue weighted by molar-refractivity contribution is -0.137. The van der Waals surface area contributed by atoms with Gasteiger partial charge in [0.05, 0.1) is 6.61 Å². The minimum atomic E-state index is -0.253. The summed E-state index contributed by atoms with van der Waals surface area (Å²) >= 11 is 2.78. The van der Waals surface area contributed by atoms with E-state index in [4.69, 9.17) is 4.74 Å². The van der Waals surface area contributed by atoms with Crippen LogP contribution in [0.4, 0.5) is 9.52 Å². The van der Waals surface area contributed by atoms with E-state index in [1.54, 1.807) is 12.1 Å². The second-order valence-electron chi connectivity index (χ2n) is 4.42. The Balaban J connectivity index is 1.55. The lowest BCUT2D eigenvalue weighted by atomic mass is 10.2. The molecule has 1 aliphatic heterocycles. The molecule has 1 saturated heterocycles. The fourth-order valence-electron chi connectivity index (χ4n) is 1.81. The minimum Gasteiger partial charge on any atom is -0.465 e. The van der Waals surface area contributed by atoms with Crippen molar-refractivity contribution in [3.63, 3.8) is 0 Å². The number of carbonyl (C=O) groups is 1. The van der Waals surface area contributed by atoms with E-state index in [0.29, 0.717) is 24.7 Å². The van der Waals surface area contributed by atoms with Crippen molar-refractivity contribution in [2.24, 2.45) is 0 Å². The molecule has 0 radical (unpaired) electrons. The Morgan fingerprint density at radius 2 is 2.19 bits per heavy atom. The molecule has 2 heterocycles. The molecule has 110 valence electrons. The second kappa shape index (κ2) is 6.40. The van der Waals surface area contributed by atoms with Gasteiger partial charge in [0.1, 0.15) is 11.1 Å². The molecule has 0 bridgehead atoms. The van der Waals surface area contributed by atoms with Crippen molar-refractivity contribution >= 4 is 34.2 Å². The Bertz CT molecular complexity index is 633. The van der Waals surface area contributed by atoms with Gasteiger partial charge in [-0.15, -0.1) is 10.2 Å². The van der Waals surface area contributed by atoms with Crippen LogP contribution in [0.3, 0.4) is 0 Å². The molecule has 1 atom stereocenters. The van der Waals surface area contributed by atoms with E-state index in [2.05, 4.69) is 15.5 Å². The number of nitrogens with one attached hydrogen (secondary N) is 1. The maximum Gasteiger partial charge on any atom is 0.319 e. The van der Waals surface area contributed by atoms with Gasteiger partial charge in [-0.2, -0.15) is 0 Å². The third-order valence-electron chi connectivity index (χ3n) is 2.89. The van der Waals surface area contributed by atoms with Crippen molar-refractivity contribution in [1.82, 2.24) is 10.2 Å². The molecule has 1 unspecified atom stereocenters. The van der Waals surface area contributed by atoms with Crippen LogP contribution in [-0.4, -0.2) is 28.0 Å².